The quantitative estimate of drug-likeness (QED) is 0.405. The number of ether oxygens (including phenoxy) is 2. The van der Waals surface area contributed by atoms with Crippen LogP contribution in [0.25, 0.3) is 0 Å². The number of carbonyl (C=O) groups is 3. The number of likely N-dealkylation sites (N-methyl/N-ethyl adjacent to an activating group) is 1. The van der Waals surface area contributed by atoms with Gasteiger partial charge in [-0.05, 0) is 53.1 Å². The van der Waals surface area contributed by atoms with E-state index in [1.807, 2.05) is 7.05 Å². The Labute approximate surface area is 156 Å². The van der Waals surface area contributed by atoms with E-state index in [0.29, 0.717) is 32.4 Å². The molecular weight excluding hydrogens is 340 g/mol. The lowest BCUT2D eigenvalue weighted by atomic mass is 10.1. The standard InChI is InChI=1S/C13H25N3O5.C4H11N/c1-4-20-12(18)15-9-7-6-8-10(11(17)14-3)16-13(19)21-5-2;1-3-4-5-2/h10H,4-9H2,1-3H3,(H,14,17)(H,15,18)(H,16,19);5H,3-4H2,1-2H3. The van der Waals surface area contributed by atoms with Gasteiger partial charge in [-0.1, -0.05) is 6.92 Å². The average Bonchev–Trinajstić information content (AvgIpc) is 2.61. The molecule has 0 aromatic heterocycles. The Hall–Kier alpha value is -2.03. The van der Waals surface area contributed by atoms with Crippen LogP contribution in [0, 0.1) is 0 Å². The van der Waals surface area contributed by atoms with Crippen LogP contribution in [0.5, 0.6) is 0 Å². The van der Waals surface area contributed by atoms with E-state index < -0.39 is 18.2 Å². The lowest BCUT2D eigenvalue weighted by molar-refractivity contribution is -0.122. The largest absolute Gasteiger partial charge is 0.450 e. The van der Waals surface area contributed by atoms with Crippen molar-refractivity contribution >= 4 is 18.1 Å². The van der Waals surface area contributed by atoms with Crippen LogP contribution in [0.15, 0.2) is 0 Å². The third-order valence-corrected chi connectivity index (χ3v) is 3.09. The maximum absolute atomic E-state index is 11.6. The van der Waals surface area contributed by atoms with E-state index >= 15 is 0 Å². The minimum absolute atomic E-state index is 0.246. The minimum atomic E-state index is -0.642. The van der Waals surface area contributed by atoms with Gasteiger partial charge >= 0.3 is 12.2 Å². The van der Waals surface area contributed by atoms with E-state index in [4.69, 9.17) is 9.47 Å². The molecular formula is C17H36N4O5. The molecule has 0 aromatic rings. The van der Waals surface area contributed by atoms with Gasteiger partial charge < -0.3 is 30.7 Å². The highest BCUT2D eigenvalue weighted by atomic mass is 16.6. The Morgan fingerprint density at radius 3 is 1.96 bits per heavy atom. The third kappa shape index (κ3) is 16.8. The molecule has 9 heteroatoms. The van der Waals surface area contributed by atoms with Crippen molar-refractivity contribution in [1.29, 1.82) is 0 Å². The van der Waals surface area contributed by atoms with Gasteiger partial charge in [-0.25, -0.2) is 9.59 Å². The zero-order valence-electron chi connectivity index (χ0n) is 16.8. The molecule has 1 unspecified atom stereocenters. The molecule has 0 aliphatic heterocycles. The van der Waals surface area contributed by atoms with Crippen molar-refractivity contribution in [3.63, 3.8) is 0 Å². The molecule has 0 fully saturated rings. The van der Waals surface area contributed by atoms with Crippen molar-refractivity contribution in [3.05, 3.63) is 0 Å². The van der Waals surface area contributed by atoms with Gasteiger partial charge in [0.25, 0.3) is 0 Å². The second-order valence-electron chi connectivity index (χ2n) is 5.28. The van der Waals surface area contributed by atoms with Gasteiger partial charge in [0.1, 0.15) is 6.04 Å². The van der Waals surface area contributed by atoms with Crippen LogP contribution in [0.2, 0.25) is 0 Å². The van der Waals surface area contributed by atoms with Gasteiger partial charge in [0.05, 0.1) is 13.2 Å². The summed E-state index contributed by atoms with van der Waals surface area (Å²) in [7, 11) is 3.47. The molecule has 26 heavy (non-hydrogen) atoms. The summed E-state index contributed by atoms with van der Waals surface area (Å²) < 4.78 is 9.47. The second-order valence-corrected chi connectivity index (χ2v) is 5.28. The molecule has 0 aliphatic rings. The molecule has 154 valence electrons. The number of amides is 3. The second kappa shape index (κ2) is 19.3. The van der Waals surface area contributed by atoms with Crippen molar-refractivity contribution in [1.82, 2.24) is 21.3 Å². The number of carbonyl (C=O) groups excluding carboxylic acids is 3. The Morgan fingerprint density at radius 1 is 0.885 bits per heavy atom. The van der Waals surface area contributed by atoms with Crippen LogP contribution < -0.4 is 21.3 Å². The SMILES string of the molecule is CCCNC.CCOC(=O)NCCCCC(NC(=O)OCC)C(=O)NC. The molecule has 0 bridgehead atoms. The minimum Gasteiger partial charge on any atom is -0.450 e. The predicted octanol–water partition coefficient (Wildman–Crippen LogP) is 1.38. The highest BCUT2D eigenvalue weighted by Crippen LogP contribution is 2.02. The fraction of sp³-hybridized carbons (Fsp3) is 0.824. The average molecular weight is 376 g/mol. The molecule has 4 N–H and O–H groups in total. The summed E-state index contributed by atoms with van der Waals surface area (Å²) >= 11 is 0. The third-order valence-electron chi connectivity index (χ3n) is 3.09. The van der Waals surface area contributed by atoms with E-state index in [1.54, 1.807) is 13.8 Å². The first-order valence-electron chi connectivity index (χ1n) is 9.16. The molecule has 3 amide bonds. The van der Waals surface area contributed by atoms with Crippen molar-refractivity contribution < 1.29 is 23.9 Å². The summed E-state index contributed by atoms with van der Waals surface area (Å²) in [5.41, 5.74) is 0. The molecule has 1 atom stereocenters. The summed E-state index contributed by atoms with van der Waals surface area (Å²) in [6.45, 7) is 7.74. The van der Waals surface area contributed by atoms with Crippen molar-refractivity contribution in [2.75, 3.05) is 40.4 Å². The van der Waals surface area contributed by atoms with Gasteiger partial charge in [-0.3, -0.25) is 4.79 Å². The van der Waals surface area contributed by atoms with E-state index in [0.717, 1.165) is 6.54 Å². The molecule has 0 saturated heterocycles. The maximum Gasteiger partial charge on any atom is 0.407 e. The lowest BCUT2D eigenvalue weighted by Gasteiger charge is -2.16. The van der Waals surface area contributed by atoms with Gasteiger partial charge in [0.2, 0.25) is 5.91 Å². The highest BCUT2D eigenvalue weighted by molar-refractivity contribution is 5.85. The van der Waals surface area contributed by atoms with Crippen molar-refractivity contribution in [3.8, 4) is 0 Å². The molecule has 9 nitrogen and oxygen atoms in total. The maximum atomic E-state index is 11.6. The van der Waals surface area contributed by atoms with Crippen LogP contribution in [0.4, 0.5) is 9.59 Å². The van der Waals surface area contributed by atoms with E-state index in [9.17, 15) is 14.4 Å². The van der Waals surface area contributed by atoms with E-state index in [1.165, 1.54) is 13.5 Å². The Balaban J connectivity index is 0. The van der Waals surface area contributed by atoms with Gasteiger partial charge in [0.15, 0.2) is 0 Å². The van der Waals surface area contributed by atoms with Gasteiger partial charge in [-0.2, -0.15) is 0 Å². The van der Waals surface area contributed by atoms with Crippen molar-refractivity contribution in [2.45, 2.75) is 52.5 Å². The normalized spacial score (nSPS) is 10.7. The lowest BCUT2D eigenvalue weighted by Crippen LogP contribution is -2.45. The molecule has 0 radical (unpaired) electrons. The number of unbranched alkanes of at least 4 members (excludes halogenated alkanes) is 1. The first kappa shape index (κ1) is 26.2. The Bertz CT molecular complexity index is 378. The van der Waals surface area contributed by atoms with Crippen LogP contribution in [0.3, 0.4) is 0 Å². The summed E-state index contributed by atoms with van der Waals surface area (Å²) in [6, 6.07) is -0.642. The molecule has 0 heterocycles. The van der Waals surface area contributed by atoms with Crippen LogP contribution in [0.1, 0.15) is 46.5 Å². The topological polar surface area (TPSA) is 118 Å². The van der Waals surface area contributed by atoms with Gasteiger partial charge in [-0.15, -0.1) is 0 Å². The zero-order chi connectivity index (χ0) is 20.2. The molecule has 0 aliphatic carbocycles. The number of nitrogens with one attached hydrogen (secondary N) is 4. The van der Waals surface area contributed by atoms with Crippen LogP contribution >= 0.6 is 0 Å². The predicted molar refractivity (Wildman–Crippen MR) is 101 cm³/mol. The summed E-state index contributed by atoms with van der Waals surface area (Å²) in [4.78, 5) is 34.0. The first-order chi connectivity index (χ1) is 12.5. The van der Waals surface area contributed by atoms with E-state index in [2.05, 4.69) is 28.2 Å². The molecule has 0 spiro atoms. The number of alkyl carbamates (subject to hydrolysis) is 2. The summed E-state index contributed by atoms with van der Waals surface area (Å²) in [5, 5.41) is 10.6. The molecule has 0 aromatic carbocycles. The molecule has 0 saturated carbocycles. The van der Waals surface area contributed by atoms with Gasteiger partial charge in [0, 0.05) is 13.6 Å². The van der Waals surface area contributed by atoms with Crippen molar-refractivity contribution in [2.24, 2.45) is 0 Å². The smallest absolute Gasteiger partial charge is 0.407 e. The van der Waals surface area contributed by atoms with E-state index in [-0.39, 0.29) is 12.5 Å². The first-order valence-corrected chi connectivity index (χ1v) is 9.16. The van der Waals surface area contributed by atoms with Crippen LogP contribution in [-0.2, 0) is 14.3 Å². The number of hydrogen-bond donors (Lipinski definition) is 4. The summed E-state index contributed by atoms with van der Waals surface area (Å²) in [6.07, 6.45) is 1.97. The summed E-state index contributed by atoms with van der Waals surface area (Å²) in [5.74, 6) is -0.276. The zero-order valence-corrected chi connectivity index (χ0v) is 16.8. The highest BCUT2D eigenvalue weighted by Gasteiger charge is 2.19. The fourth-order valence-corrected chi connectivity index (χ4v) is 1.85. The number of hydrogen-bond acceptors (Lipinski definition) is 6. The monoisotopic (exact) mass is 376 g/mol. The number of rotatable bonds is 11. The molecule has 0 rings (SSSR count). The fourth-order valence-electron chi connectivity index (χ4n) is 1.85. The van der Waals surface area contributed by atoms with Crippen LogP contribution in [-0.4, -0.2) is 64.5 Å². The Morgan fingerprint density at radius 2 is 1.50 bits per heavy atom. The Kier molecular flexibility index (Phi) is 19.4.